The molecule has 0 unspecified atom stereocenters. The SMILES string of the molecule is O=CNc1c(C(=O)Nc2ccc(Br)cn2)oc2ccccc12. The number of benzene rings is 1. The number of halogens is 1. The summed E-state index contributed by atoms with van der Waals surface area (Å²) in [6.07, 6.45) is 2.07. The number of hydrogen-bond donors (Lipinski definition) is 2. The first-order valence-electron chi connectivity index (χ1n) is 6.33. The number of rotatable bonds is 4. The van der Waals surface area contributed by atoms with Crippen LogP contribution in [0.1, 0.15) is 10.6 Å². The molecule has 0 bridgehead atoms. The van der Waals surface area contributed by atoms with Crippen molar-refractivity contribution in [2.45, 2.75) is 0 Å². The minimum absolute atomic E-state index is 0.0259. The summed E-state index contributed by atoms with van der Waals surface area (Å²) in [5, 5.41) is 5.79. The largest absolute Gasteiger partial charge is 0.449 e. The standard InChI is InChI=1S/C15H10BrN3O3/c16-9-5-6-12(17-7-9)19-15(21)14-13(18-8-20)10-3-1-2-4-11(10)22-14/h1-8H,(H,18,20)(H,17,19,21). The topological polar surface area (TPSA) is 84.2 Å². The Kier molecular flexibility index (Phi) is 3.88. The Morgan fingerprint density at radius 3 is 2.77 bits per heavy atom. The number of anilines is 2. The number of para-hydroxylation sites is 1. The monoisotopic (exact) mass is 359 g/mol. The Morgan fingerprint density at radius 1 is 1.23 bits per heavy atom. The molecule has 0 atom stereocenters. The van der Waals surface area contributed by atoms with E-state index in [4.69, 9.17) is 4.42 Å². The van der Waals surface area contributed by atoms with Crippen molar-refractivity contribution in [3.05, 3.63) is 52.8 Å². The Morgan fingerprint density at radius 2 is 2.05 bits per heavy atom. The predicted octanol–water partition coefficient (Wildman–Crippen LogP) is 3.41. The first kappa shape index (κ1) is 14.3. The van der Waals surface area contributed by atoms with Crippen molar-refractivity contribution < 1.29 is 14.0 Å². The molecule has 0 aliphatic rings. The van der Waals surface area contributed by atoms with Crippen LogP contribution >= 0.6 is 15.9 Å². The van der Waals surface area contributed by atoms with E-state index in [1.165, 1.54) is 0 Å². The van der Waals surface area contributed by atoms with Gasteiger partial charge in [0.1, 0.15) is 17.1 Å². The van der Waals surface area contributed by atoms with Gasteiger partial charge in [0.05, 0.1) is 0 Å². The predicted molar refractivity (Wildman–Crippen MR) is 85.8 cm³/mol. The third-order valence-electron chi connectivity index (χ3n) is 2.97. The number of pyridine rings is 1. The highest BCUT2D eigenvalue weighted by Crippen LogP contribution is 2.30. The van der Waals surface area contributed by atoms with Crippen LogP contribution in [0.15, 0.2) is 51.5 Å². The number of amides is 2. The summed E-state index contributed by atoms with van der Waals surface area (Å²) in [4.78, 5) is 27.2. The third kappa shape index (κ3) is 2.71. The Hall–Kier alpha value is -2.67. The van der Waals surface area contributed by atoms with E-state index < -0.39 is 5.91 Å². The maximum atomic E-state index is 12.4. The molecule has 22 heavy (non-hydrogen) atoms. The summed E-state index contributed by atoms with van der Waals surface area (Å²) in [6, 6.07) is 10.5. The molecule has 0 aliphatic carbocycles. The zero-order valence-electron chi connectivity index (χ0n) is 11.2. The van der Waals surface area contributed by atoms with Crippen LogP contribution in [0.5, 0.6) is 0 Å². The lowest BCUT2D eigenvalue weighted by atomic mass is 10.2. The van der Waals surface area contributed by atoms with E-state index in [2.05, 4.69) is 31.5 Å². The molecule has 2 N–H and O–H groups in total. The number of carbonyl (C=O) groups is 2. The molecule has 3 rings (SSSR count). The highest BCUT2D eigenvalue weighted by Gasteiger charge is 2.20. The molecule has 0 saturated heterocycles. The molecule has 110 valence electrons. The van der Waals surface area contributed by atoms with Gasteiger partial charge in [0.2, 0.25) is 12.2 Å². The highest BCUT2D eigenvalue weighted by atomic mass is 79.9. The van der Waals surface area contributed by atoms with Crippen molar-refractivity contribution in [1.82, 2.24) is 4.98 Å². The number of furan rings is 1. The van der Waals surface area contributed by atoms with E-state index in [0.29, 0.717) is 28.9 Å². The van der Waals surface area contributed by atoms with Crippen molar-refractivity contribution in [2.75, 3.05) is 10.6 Å². The van der Waals surface area contributed by atoms with Crippen molar-refractivity contribution in [2.24, 2.45) is 0 Å². The number of nitrogens with zero attached hydrogens (tertiary/aromatic N) is 1. The van der Waals surface area contributed by atoms with Crippen molar-refractivity contribution >= 4 is 50.7 Å². The van der Waals surface area contributed by atoms with Crippen LogP contribution in [0.3, 0.4) is 0 Å². The first-order chi connectivity index (χ1) is 10.7. The lowest BCUT2D eigenvalue weighted by Crippen LogP contribution is -2.14. The smallest absolute Gasteiger partial charge is 0.294 e. The second-order valence-corrected chi connectivity index (χ2v) is 5.30. The van der Waals surface area contributed by atoms with Crippen LogP contribution in [0.4, 0.5) is 11.5 Å². The minimum Gasteiger partial charge on any atom is -0.449 e. The molecule has 1 aromatic carbocycles. The zero-order chi connectivity index (χ0) is 15.5. The summed E-state index contributed by atoms with van der Waals surface area (Å²) in [7, 11) is 0. The Bertz CT molecular complexity index is 843. The molecule has 0 aliphatic heterocycles. The summed E-state index contributed by atoms with van der Waals surface area (Å²) in [5.74, 6) is -0.0842. The second kappa shape index (κ2) is 5.98. The lowest BCUT2D eigenvalue weighted by molar-refractivity contribution is -0.105. The summed E-state index contributed by atoms with van der Waals surface area (Å²) in [6.45, 7) is 0. The van der Waals surface area contributed by atoms with Gasteiger partial charge in [0.25, 0.3) is 5.91 Å². The van der Waals surface area contributed by atoms with Crippen LogP contribution in [-0.4, -0.2) is 17.3 Å². The molecule has 0 radical (unpaired) electrons. The first-order valence-corrected chi connectivity index (χ1v) is 7.13. The Labute approximate surface area is 133 Å². The fourth-order valence-electron chi connectivity index (χ4n) is 2.03. The van der Waals surface area contributed by atoms with Crippen molar-refractivity contribution in [3.8, 4) is 0 Å². The van der Waals surface area contributed by atoms with Crippen LogP contribution in [-0.2, 0) is 4.79 Å². The lowest BCUT2D eigenvalue weighted by Gasteiger charge is -2.04. The van der Waals surface area contributed by atoms with Gasteiger partial charge in [0, 0.05) is 16.1 Å². The van der Waals surface area contributed by atoms with Crippen LogP contribution < -0.4 is 10.6 Å². The van der Waals surface area contributed by atoms with Gasteiger partial charge in [-0.15, -0.1) is 0 Å². The van der Waals surface area contributed by atoms with E-state index in [-0.39, 0.29) is 5.76 Å². The van der Waals surface area contributed by atoms with Gasteiger partial charge in [-0.05, 0) is 40.2 Å². The van der Waals surface area contributed by atoms with E-state index in [9.17, 15) is 9.59 Å². The quantitative estimate of drug-likeness (QED) is 0.699. The number of hydrogen-bond acceptors (Lipinski definition) is 4. The van der Waals surface area contributed by atoms with Gasteiger partial charge in [-0.3, -0.25) is 9.59 Å². The number of fused-ring (bicyclic) bond motifs is 1. The second-order valence-electron chi connectivity index (χ2n) is 4.38. The summed E-state index contributed by atoms with van der Waals surface area (Å²) in [5.41, 5.74) is 0.848. The van der Waals surface area contributed by atoms with Crippen LogP contribution in [0.25, 0.3) is 11.0 Å². The average molecular weight is 360 g/mol. The van der Waals surface area contributed by atoms with Gasteiger partial charge in [-0.25, -0.2) is 4.98 Å². The number of carbonyl (C=O) groups excluding carboxylic acids is 2. The maximum absolute atomic E-state index is 12.4. The molecule has 0 spiro atoms. The zero-order valence-corrected chi connectivity index (χ0v) is 12.8. The maximum Gasteiger partial charge on any atom is 0.294 e. The molecule has 0 saturated carbocycles. The van der Waals surface area contributed by atoms with Crippen molar-refractivity contribution in [1.29, 1.82) is 0 Å². The fraction of sp³-hybridized carbons (Fsp3) is 0. The van der Waals surface area contributed by atoms with E-state index in [1.54, 1.807) is 42.6 Å². The molecule has 6 nitrogen and oxygen atoms in total. The van der Waals surface area contributed by atoms with Gasteiger partial charge < -0.3 is 15.1 Å². The normalized spacial score (nSPS) is 10.4. The molecular weight excluding hydrogens is 350 g/mol. The fourth-order valence-corrected chi connectivity index (χ4v) is 2.26. The van der Waals surface area contributed by atoms with Crippen LogP contribution in [0, 0.1) is 0 Å². The van der Waals surface area contributed by atoms with E-state index in [0.717, 1.165) is 4.47 Å². The van der Waals surface area contributed by atoms with Crippen molar-refractivity contribution in [3.63, 3.8) is 0 Å². The van der Waals surface area contributed by atoms with Gasteiger partial charge in [-0.1, -0.05) is 12.1 Å². The van der Waals surface area contributed by atoms with Gasteiger partial charge in [-0.2, -0.15) is 0 Å². The molecule has 7 heteroatoms. The van der Waals surface area contributed by atoms with Gasteiger partial charge in [0.15, 0.2) is 0 Å². The molecule has 3 aromatic rings. The summed E-state index contributed by atoms with van der Waals surface area (Å²) >= 11 is 3.27. The molecule has 0 fully saturated rings. The average Bonchev–Trinajstić information content (AvgIpc) is 2.89. The van der Waals surface area contributed by atoms with Crippen LogP contribution in [0.2, 0.25) is 0 Å². The molecule has 2 aromatic heterocycles. The third-order valence-corrected chi connectivity index (χ3v) is 3.44. The number of nitrogens with one attached hydrogen (secondary N) is 2. The molecule has 2 heterocycles. The van der Waals surface area contributed by atoms with E-state index in [1.807, 2.05) is 0 Å². The highest BCUT2D eigenvalue weighted by molar-refractivity contribution is 9.10. The minimum atomic E-state index is -0.490. The summed E-state index contributed by atoms with van der Waals surface area (Å²) < 4.78 is 6.34. The van der Waals surface area contributed by atoms with Gasteiger partial charge >= 0.3 is 0 Å². The number of aromatic nitrogens is 1. The van der Waals surface area contributed by atoms with E-state index >= 15 is 0 Å². The Balaban J connectivity index is 1.97. The molecular formula is C15H10BrN3O3. The molecule has 2 amide bonds.